The molecule has 1 aliphatic rings. The Morgan fingerprint density at radius 2 is 2.25 bits per heavy atom. The van der Waals surface area contributed by atoms with Crippen LogP contribution in [-0.4, -0.2) is 25.2 Å². The van der Waals surface area contributed by atoms with Crippen LogP contribution in [0.25, 0.3) is 11.0 Å². The van der Waals surface area contributed by atoms with Crippen LogP contribution in [0, 0.1) is 0 Å². The zero-order valence-corrected chi connectivity index (χ0v) is 11.4. The van der Waals surface area contributed by atoms with Gasteiger partial charge < -0.3 is 20.2 Å². The number of amides is 1. The minimum Gasteiger partial charge on any atom is -0.451 e. The van der Waals surface area contributed by atoms with Crippen LogP contribution in [0.3, 0.4) is 0 Å². The number of anilines is 1. The van der Waals surface area contributed by atoms with Gasteiger partial charge in [0, 0.05) is 24.2 Å². The van der Waals surface area contributed by atoms with E-state index in [4.69, 9.17) is 14.9 Å². The van der Waals surface area contributed by atoms with Gasteiger partial charge in [0.05, 0.1) is 6.10 Å². The molecule has 1 aromatic carbocycles. The van der Waals surface area contributed by atoms with Crippen molar-refractivity contribution in [2.24, 2.45) is 0 Å². The fraction of sp³-hybridized carbons (Fsp3) is 0.400. The third-order valence-corrected chi connectivity index (χ3v) is 3.82. The molecular weight excluding hydrogens is 256 g/mol. The highest BCUT2D eigenvalue weighted by molar-refractivity contribution is 5.96. The number of carbonyl (C=O) groups is 1. The Balaban J connectivity index is 1.72. The molecule has 0 bridgehead atoms. The lowest BCUT2D eigenvalue weighted by Crippen LogP contribution is -2.33. The van der Waals surface area contributed by atoms with Crippen LogP contribution in [-0.2, 0) is 4.74 Å². The number of ether oxygens (including phenoxy) is 1. The monoisotopic (exact) mass is 274 g/mol. The maximum absolute atomic E-state index is 12.2. The number of hydrogen-bond acceptors (Lipinski definition) is 4. The van der Waals surface area contributed by atoms with Crippen LogP contribution in [0.5, 0.6) is 0 Å². The molecule has 1 fully saturated rings. The third kappa shape index (κ3) is 2.49. The van der Waals surface area contributed by atoms with Crippen molar-refractivity contribution in [3.05, 3.63) is 30.0 Å². The lowest BCUT2D eigenvalue weighted by molar-refractivity contribution is 0.0891. The van der Waals surface area contributed by atoms with E-state index < -0.39 is 0 Å². The average Bonchev–Trinajstić information content (AvgIpc) is 3.04. The van der Waals surface area contributed by atoms with E-state index in [-0.39, 0.29) is 18.1 Å². The van der Waals surface area contributed by atoms with Crippen molar-refractivity contribution < 1.29 is 13.9 Å². The number of carbonyl (C=O) groups excluding carboxylic acids is 1. The van der Waals surface area contributed by atoms with Crippen LogP contribution in [0.1, 0.15) is 29.8 Å². The summed E-state index contributed by atoms with van der Waals surface area (Å²) in [6.45, 7) is 0. The third-order valence-electron chi connectivity index (χ3n) is 3.82. The van der Waals surface area contributed by atoms with Crippen molar-refractivity contribution in [1.82, 2.24) is 5.32 Å². The Morgan fingerprint density at radius 1 is 1.40 bits per heavy atom. The highest BCUT2D eigenvalue weighted by atomic mass is 16.5. The van der Waals surface area contributed by atoms with E-state index in [1.54, 1.807) is 31.4 Å². The van der Waals surface area contributed by atoms with Crippen molar-refractivity contribution in [2.75, 3.05) is 12.8 Å². The summed E-state index contributed by atoms with van der Waals surface area (Å²) >= 11 is 0. The lowest BCUT2D eigenvalue weighted by Gasteiger charge is -2.11. The lowest BCUT2D eigenvalue weighted by atomic mass is 10.2. The largest absolute Gasteiger partial charge is 0.451 e. The number of benzene rings is 1. The van der Waals surface area contributed by atoms with E-state index in [2.05, 4.69) is 5.32 Å². The zero-order chi connectivity index (χ0) is 14.1. The molecule has 5 nitrogen and oxygen atoms in total. The Labute approximate surface area is 117 Å². The van der Waals surface area contributed by atoms with Crippen molar-refractivity contribution in [2.45, 2.75) is 31.4 Å². The van der Waals surface area contributed by atoms with Crippen LogP contribution in [0.4, 0.5) is 5.69 Å². The summed E-state index contributed by atoms with van der Waals surface area (Å²) < 4.78 is 10.9. The first-order valence-corrected chi connectivity index (χ1v) is 6.78. The Kier molecular flexibility index (Phi) is 3.36. The normalized spacial score (nSPS) is 22.2. The second kappa shape index (κ2) is 5.17. The smallest absolute Gasteiger partial charge is 0.287 e. The van der Waals surface area contributed by atoms with E-state index in [0.717, 1.165) is 24.6 Å². The van der Waals surface area contributed by atoms with Gasteiger partial charge in [-0.05, 0) is 43.5 Å². The molecule has 1 saturated carbocycles. The van der Waals surface area contributed by atoms with Gasteiger partial charge in [-0.1, -0.05) is 0 Å². The molecule has 0 radical (unpaired) electrons. The number of nitrogens with two attached hydrogens (primary N) is 1. The minimum absolute atomic E-state index is 0.158. The molecule has 5 heteroatoms. The summed E-state index contributed by atoms with van der Waals surface area (Å²) in [5, 5.41) is 3.83. The number of nitrogens with one attached hydrogen (secondary N) is 1. The van der Waals surface area contributed by atoms with E-state index in [1.165, 1.54) is 0 Å². The molecule has 0 spiro atoms. The van der Waals surface area contributed by atoms with E-state index >= 15 is 0 Å². The fourth-order valence-electron chi connectivity index (χ4n) is 2.72. The standard InChI is InChI=1S/C15H18N2O3/c1-19-12-4-3-11(8-12)17-15(18)14-7-9-6-10(16)2-5-13(9)20-14/h2,5-7,11-12H,3-4,8,16H2,1H3,(H,17,18). The molecule has 1 aliphatic carbocycles. The molecule has 1 heterocycles. The summed E-state index contributed by atoms with van der Waals surface area (Å²) in [6, 6.07) is 7.22. The van der Waals surface area contributed by atoms with Crippen LogP contribution < -0.4 is 11.1 Å². The zero-order valence-electron chi connectivity index (χ0n) is 11.4. The van der Waals surface area contributed by atoms with E-state index in [1.807, 2.05) is 0 Å². The molecule has 0 aliphatic heterocycles. The average molecular weight is 274 g/mol. The predicted octanol–water partition coefficient (Wildman–Crippen LogP) is 2.31. The number of hydrogen-bond donors (Lipinski definition) is 2. The molecule has 1 aromatic heterocycles. The summed E-state index contributed by atoms with van der Waals surface area (Å²) in [5.74, 6) is 0.146. The van der Waals surface area contributed by atoms with Crippen molar-refractivity contribution >= 4 is 22.6 Å². The summed E-state index contributed by atoms with van der Waals surface area (Å²) in [4.78, 5) is 12.2. The molecule has 20 heavy (non-hydrogen) atoms. The van der Waals surface area contributed by atoms with Gasteiger partial charge in [0.2, 0.25) is 0 Å². The quantitative estimate of drug-likeness (QED) is 0.842. The molecule has 2 atom stereocenters. The maximum Gasteiger partial charge on any atom is 0.287 e. The van der Waals surface area contributed by atoms with Crippen molar-refractivity contribution in [3.63, 3.8) is 0 Å². The highest BCUT2D eigenvalue weighted by Gasteiger charge is 2.26. The number of nitrogen functional groups attached to an aromatic ring is 1. The molecule has 106 valence electrons. The fourth-order valence-corrected chi connectivity index (χ4v) is 2.72. The second-order valence-electron chi connectivity index (χ2n) is 5.25. The summed E-state index contributed by atoms with van der Waals surface area (Å²) in [6.07, 6.45) is 3.03. The molecule has 2 aromatic rings. The molecule has 0 saturated heterocycles. The van der Waals surface area contributed by atoms with Gasteiger partial charge in [0.15, 0.2) is 5.76 Å². The first kappa shape index (κ1) is 13.0. The maximum atomic E-state index is 12.2. The van der Waals surface area contributed by atoms with E-state index in [9.17, 15) is 4.79 Å². The predicted molar refractivity (Wildman–Crippen MR) is 76.5 cm³/mol. The first-order chi connectivity index (χ1) is 9.65. The van der Waals surface area contributed by atoms with Crippen molar-refractivity contribution in [3.8, 4) is 0 Å². The van der Waals surface area contributed by atoms with Gasteiger partial charge in [0.25, 0.3) is 5.91 Å². The molecule has 1 amide bonds. The SMILES string of the molecule is COC1CCC(NC(=O)c2cc3cc(N)ccc3o2)C1. The van der Waals surface area contributed by atoms with Gasteiger partial charge in [0.1, 0.15) is 5.58 Å². The highest BCUT2D eigenvalue weighted by Crippen LogP contribution is 2.24. The summed E-state index contributed by atoms with van der Waals surface area (Å²) in [5.41, 5.74) is 7.04. The molecule has 3 N–H and O–H groups in total. The van der Waals surface area contributed by atoms with Gasteiger partial charge in [-0.15, -0.1) is 0 Å². The molecular formula is C15H18N2O3. The summed E-state index contributed by atoms with van der Waals surface area (Å²) in [7, 11) is 1.71. The number of fused-ring (bicyclic) bond motifs is 1. The van der Waals surface area contributed by atoms with Gasteiger partial charge in [-0.3, -0.25) is 4.79 Å². The van der Waals surface area contributed by atoms with Crippen molar-refractivity contribution in [1.29, 1.82) is 0 Å². The van der Waals surface area contributed by atoms with E-state index in [0.29, 0.717) is 17.0 Å². The molecule has 2 unspecified atom stereocenters. The van der Waals surface area contributed by atoms with Crippen LogP contribution in [0.15, 0.2) is 28.7 Å². The Morgan fingerprint density at radius 3 is 3.00 bits per heavy atom. The number of methoxy groups -OCH3 is 1. The number of furan rings is 1. The Hall–Kier alpha value is -2.01. The van der Waals surface area contributed by atoms with Gasteiger partial charge >= 0.3 is 0 Å². The van der Waals surface area contributed by atoms with Crippen LogP contribution >= 0.6 is 0 Å². The van der Waals surface area contributed by atoms with Gasteiger partial charge in [-0.2, -0.15) is 0 Å². The molecule has 3 rings (SSSR count). The van der Waals surface area contributed by atoms with Gasteiger partial charge in [-0.25, -0.2) is 0 Å². The topological polar surface area (TPSA) is 77.5 Å². The minimum atomic E-state index is -0.179. The number of rotatable bonds is 3. The van der Waals surface area contributed by atoms with Crippen LogP contribution in [0.2, 0.25) is 0 Å². The second-order valence-corrected chi connectivity index (χ2v) is 5.25. The Bertz CT molecular complexity index is 635. The first-order valence-electron chi connectivity index (χ1n) is 6.78.